The fourth-order valence-electron chi connectivity index (χ4n) is 3.42. The summed E-state index contributed by atoms with van der Waals surface area (Å²) in [6.07, 6.45) is 4.64. The molecular weight excluding hydrogens is 252 g/mol. The second kappa shape index (κ2) is 5.83. The third-order valence-electron chi connectivity index (χ3n) is 4.44. The smallest absolute Gasteiger partial charge is 0.254 e. The maximum absolute atomic E-state index is 12.7. The molecule has 2 atom stereocenters. The standard InChI is InChI=1S/C16H22N2O2/c1-20-13-6-2-5-12(11-13)16(19)18-10-4-8-15(18)14-7-3-9-17-14/h2,5-6,11,14-15,17H,3-4,7-10H2,1H3. The molecule has 0 aliphatic carbocycles. The Hall–Kier alpha value is -1.55. The number of hydrogen-bond donors (Lipinski definition) is 1. The molecule has 2 aliphatic rings. The monoisotopic (exact) mass is 274 g/mol. The summed E-state index contributed by atoms with van der Waals surface area (Å²) in [6, 6.07) is 8.30. The van der Waals surface area contributed by atoms with E-state index in [2.05, 4.69) is 10.2 Å². The second-order valence-electron chi connectivity index (χ2n) is 5.64. The Kier molecular flexibility index (Phi) is 3.92. The lowest BCUT2D eigenvalue weighted by atomic mass is 10.0. The van der Waals surface area contributed by atoms with E-state index in [1.165, 1.54) is 12.8 Å². The first-order valence-corrected chi connectivity index (χ1v) is 7.48. The minimum atomic E-state index is 0.139. The molecule has 2 aliphatic heterocycles. The molecular formula is C16H22N2O2. The number of methoxy groups -OCH3 is 1. The van der Waals surface area contributed by atoms with Crippen LogP contribution < -0.4 is 10.1 Å². The van der Waals surface area contributed by atoms with Crippen molar-refractivity contribution in [2.24, 2.45) is 0 Å². The molecule has 0 saturated carbocycles. The van der Waals surface area contributed by atoms with E-state index in [0.717, 1.165) is 37.2 Å². The molecule has 0 spiro atoms. The first-order valence-electron chi connectivity index (χ1n) is 7.48. The Morgan fingerprint density at radius 1 is 1.35 bits per heavy atom. The molecule has 4 heteroatoms. The third-order valence-corrected chi connectivity index (χ3v) is 4.44. The van der Waals surface area contributed by atoms with E-state index in [4.69, 9.17) is 4.74 Å². The number of hydrogen-bond acceptors (Lipinski definition) is 3. The highest BCUT2D eigenvalue weighted by molar-refractivity contribution is 5.95. The highest BCUT2D eigenvalue weighted by Crippen LogP contribution is 2.27. The molecule has 1 N–H and O–H groups in total. The maximum Gasteiger partial charge on any atom is 0.254 e. The van der Waals surface area contributed by atoms with E-state index < -0.39 is 0 Å². The highest BCUT2D eigenvalue weighted by atomic mass is 16.5. The van der Waals surface area contributed by atoms with E-state index in [9.17, 15) is 4.79 Å². The summed E-state index contributed by atoms with van der Waals surface area (Å²) in [5.74, 6) is 0.880. The number of likely N-dealkylation sites (tertiary alicyclic amines) is 1. The molecule has 2 fully saturated rings. The van der Waals surface area contributed by atoms with E-state index in [1.807, 2.05) is 24.3 Å². The summed E-state index contributed by atoms with van der Waals surface area (Å²) in [4.78, 5) is 14.8. The Bertz CT molecular complexity index is 483. The van der Waals surface area contributed by atoms with Gasteiger partial charge in [-0.25, -0.2) is 0 Å². The van der Waals surface area contributed by atoms with Crippen LogP contribution in [0.1, 0.15) is 36.0 Å². The van der Waals surface area contributed by atoms with E-state index in [1.54, 1.807) is 7.11 Å². The zero-order chi connectivity index (χ0) is 13.9. The first kappa shape index (κ1) is 13.4. The van der Waals surface area contributed by atoms with Crippen molar-refractivity contribution in [1.82, 2.24) is 10.2 Å². The first-order chi connectivity index (χ1) is 9.79. The van der Waals surface area contributed by atoms with Gasteiger partial charge in [0.15, 0.2) is 0 Å². The van der Waals surface area contributed by atoms with Gasteiger partial charge in [-0.15, -0.1) is 0 Å². The minimum Gasteiger partial charge on any atom is -0.497 e. The number of amides is 1. The lowest BCUT2D eigenvalue weighted by molar-refractivity contribution is 0.0711. The van der Waals surface area contributed by atoms with Crippen LogP contribution in [-0.4, -0.2) is 43.1 Å². The summed E-state index contributed by atoms with van der Waals surface area (Å²) in [5.41, 5.74) is 0.731. The van der Waals surface area contributed by atoms with Crippen molar-refractivity contribution in [1.29, 1.82) is 0 Å². The number of ether oxygens (including phenoxy) is 1. The van der Waals surface area contributed by atoms with Crippen molar-refractivity contribution in [3.63, 3.8) is 0 Å². The highest BCUT2D eigenvalue weighted by Gasteiger charge is 2.36. The van der Waals surface area contributed by atoms with Gasteiger partial charge in [-0.05, 0) is 50.4 Å². The SMILES string of the molecule is COc1cccc(C(=O)N2CCCC2C2CCCN2)c1. The number of carbonyl (C=O) groups is 1. The molecule has 0 aromatic heterocycles. The summed E-state index contributed by atoms with van der Waals surface area (Å²) in [6.45, 7) is 1.96. The number of nitrogens with zero attached hydrogens (tertiary/aromatic N) is 1. The lowest BCUT2D eigenvalue weighted by Gasteiger charge is -2.29. The van der Waals surface area contributed by atoms with Crippen LogP contribution in [0.3, 0.4) is 0 Å². The van der Waals surface area contributed by atoms with Gasteiger partial charge >= 0.3 is 0 Å². The Labute approximate surface area is 120 Å². The van der Waals surface area contributed by atoms with Gasteiger partial charge in [-0.1, -0.05) is 6.07 Å². The average molecular weight is 274 g/mol. The molecule has 2 saturated heterocycles. The van der Waals surface area contributed by atoms with Crippen LogP contribution in [0.25, 0.3) is 0 Å². The van der Waals surface area contributed by atoms with Crippen LogP contribution in [0.15, 0.2) is 24.3 Å². The second-order valence-corrected chi connectivity index (χ2v) is 5.64. The van der Waals surface area contributed by atoms with Gasteiger partial charge in [0.1, 0.15) is 5.75 Å². The van der Waals surface area contributed by atoms with Gasteiger partial charge in [0, 0.05) is 24.2 Å². The predicted molar refractivity (Wildman–Crippen MR) is 78.1 cm³/mol. The molecule has 0 radical (unpaired) electrons. The van der Waals surface area contributed by atoms with Gasteiger partial charge < -0.3 is 15.0 Å². The number of nitrogens with one attached hydrogen (secondary N) is 1. The van der Waals surface area contributed by atoms with Crippen molar-refractivity contribution in [3.8, 4) is 5.75 Å². The largest absolute Gasteiger partial charge is 0.497 e. The topological polar surface area (TPSA) is 41.6 Å². The van der Waals surface area contributed by atoms with Gasteiger partial charge in [0.25, 0.3) is 5.91 Å². The van der Waals surface area contributed by atoms with E-state index in [-0.39, 0.29) is 5.91 Å². The average Bonchev–Trinajstić information content (AvgIpc) is 3.16. The summed E-state index contributed by atoms with van der Waals surface area (Å²) >= 11 is 0. The van der Waals surface area contributed by atoms with Gasteiger partial charge in [0.2, 0.25) is 0 Å². The molecule has 1 amide bonds. The van der Waals surface area contributed by atoms with E-state index in [0.29, 0.717) is 12.1 Å². The van der Waals surface area contributed by atoms with Crippen LogP contribution in [0.5, 0.6) is 5.75 Å². The van der Waals surface area contributed by atoms with Crippen molar-refractivity contribution < 1.29 is 9.53 Å². The molecule has 0 bridgehead atoms. The van der Waals surface area contributed by atoms with Crippen LogP contribution in [0, 0.1) is 0 Å². The normalized spacial score (nSPS) is 25.9. The molecule has 3 rings (SSSR count). The molecule has 2 heterocycles. The predicted octanol–water partition coefficient (Wildman–Crippen LogP) is 2.05. The van der Waals surface area contributed by atoms with Crippen LogP contribution in [0.2, 0.25) is 0 Å². The molecule has 2 unspecified atom stereocenters. The number of rotatable bonds is 3. The fraction of sp³-hybridized carbons (Fsp3) is 0.562. The van der Waals surface area contributed by atoms with Crippen LogP contribution >= 0.6 is 0 Å². The lowest BCUT2D eigenvalue weighted by Crippen LogP contribution is -2.46. The molecule has 4 nitrogen and oxygen atoms in total. The maximum atomic E-state index is 12.7. The minimum absolute atomic E-state index is 0.139. The Balaban J connectivity index is 1.77. The molecule has 108 valence electrons. The summed E-state index contributed by atoms with van der Waals surface area (Å²) in [7, 11) is 1.63. The van der Waals surface area contributed by atoms with Gasteiger partial charge in [-0.2, -0.15) is 0 Å². The zero-order valence-electron chi connectivity index (χ0n) is 12.0. The van der Waals surface area contributed by atoms with Gasteiger partial charge in [-0.3, -0.25) is 4.79 Å². The fourth-order valence-corrected chi connectivity index (χ4v) is 3.42. The molecule has 20 heavy (non-hydrogen) atoms. The van der Waals surface area contributed by atoms with Crippen LogP contribution in [-0.2, 0) is 0 Å². The summed E-state index contributed by atoms with van der Waals surface area (Å²) in [5, 5.41) is 3.54. The molecule has 1 aromatic carbocycles. The number of benzene rings is 1. The molecule has 1 aromatic rings. The van der Waals surface area contributed by atoms with Gasteiger partial charge in [0.05, 0.1) is 7.11 Å². The quantitative estimate of drug-likeness (QED) is 0.917. The third kappa shape index (κ3) is 2.52. The van der Waals surface area contributed by atoms with Crippen LogP contribution in [0.4, 0.5) is 0 Å². The number of carbonyl (C=O) groups excluding carboxylic acids is 1. The zero-order valence-corrected chi connectivity index (χ0v) is 12.0. The summed E-state index contributed by atoms with van der Waals surface area (Å²) < 4.78 is 5.21. The Morgan fingerprint density at radius 3 is 3.00 bits per heavy atom. The Morgan fingerprint density at radius 2 is 2.25 bits per heavy atom. The van der Waals surface area contributed by atoms with Crippen molar-refractivity contribution >= 4 is 5.91 Å². The van der Waals surface area contributed by atoms with E-state index >= 15 is 0 Å². The van der Waals surface area contributed by atoms with Crippen molar-refractivity contribution in [2.75, 3.05) is 20.2 Å². The van der Waals surface area contributed by atoms with Crippen molar-refractivity contribution in [3.05, 3.63) is 29.8 Å². The van der Waals surface area contributed by atoms with Crippen molar-refractivity contribution in [2.45, 2.75) is 37.8 Å².